The van der Waals surface area contributed by atoms with Crippen molar-refractivity contribution in [2.24, 2.45) is 0 Å². The first-order valence-corrected chi connectivity index (χ1v) is 4.35. The third kappa shape index (κ3) is 1.82. The molecule has 1 atom stereocenters. The minimum absolute atomic E-state index is 0.0971. The van der Waals surface area contributed by atoms with E-state index in [0.717, 1.165) is 0 Å². The average molecular weight is 198 g/mol. The summed E-state index contributed by atoms with van der Waals surface area (Å²) >= 11 is 0. The van der Waals surface area contributed by atoms with Crippen LogP contribution in [0, 0.1) is 0 Å². The first-order valence-electron chi connectivity index (χ1n) is 6.80. The van der Waals surface area contributed by atoms with E-state index in [1.54, 1.807) is 18.2 Å². The van der Waals surface area contributed by atoms with Crippen molar-refractivity contribution in [2.75, 3.05) is 13.8 Å². The normalized spacial score (nSPS) is 24.3. The van der Waals surface area contributed by atoms with Gasteiger partial charge >= 0.3 is 0 Å². The summed E-state index contributed by atoms with van der Waals surface area (Å²) < 4.78 is 48.3. The van der Waals surface area contributed by atoms with Gasteiger partial charge < -0.3 is 14.8 Å². The van der Waals surface area contributed by atoms with Gasteiger partial charge in [-0.05, 0) is 38.0 Å². The summed E-state index contributed by atoms with van der Waals surface area (Å²) in [5.41, 5.74) is 0.620. The summed E-state index contributed by atoms with van der Waals surface area (Å²) in [5, 5.41) is 0.671. The van der Waals surface area contributed by atoms with Crippen LogP contribution in [-0.4, -0.2) is 19.9 Å². The fraction of sp³-hybridized carbons (Fsp3) is 0.455. The first-order chi connectivity index (χ1) is 8.74. The molecule has 1 heterocycles. The number of hydrogen-bond acceptors (Lipinski definition) is 3. The smallest absolute Gasteiger partial charge is 0.231 e. The standard InChI is InChI=1S/C11H15NO2/c1-8(12-2)5-9-3-4-10-11(6-9)14-7-13-10/h3-4,6,8,12H,5,7H2,1-2H3/i1D3,8D/hD. The molecule has 0 saturated heterocycles. The summed E-state index contributed by atoms with van der Waals surface area (Å²) in [6, 6.07) is 3.02. The maximum absolute atomic E-state index is 8.06. The molecular formula is C11H15NO2. The number of nitrogens with one attached hydrogen (secondary N) is 1. The molecule has 14 heavy (non-hydrogen) atoms. The van der Waals surface area contributed by atoms with Crippen LogP contribution < -0.4 is 14.8 Å². The highest BCUT2D eigenvalue weighted by Crippen LogP contribution is 2.32. The molecular weight excluding hydrogens is 178 g/mol. The van der Waals surface area contributed by atoms with Gasteiger partial charge in [0.2, 0.25) is 6.79 Å². The minimum Gasteiger partial charge on any atom is -0.454 e. The monoisotopic (exact) mass is 198 g/mol. The van der Waals surface area contributed by atoms with Crippen molar-refractivity contribution in [1.29, 1.82) is 0 Å². The molecule has 0 radical (unpaired) electrons. The van der Waals surface area contributed by atoms with Crippen molar-refractivity contribution >= 4 is 0 Å². The summed E-state index contributed by atoms with van der Waals surface area (Å²) in [7, 11) is 1.27. The lowest BCUT2D eigenvalue weighted by Gasteiger charge is -2.09. The van der Waals surface area contributed by atoms with E-state index in [1.807, 2.05) is 0 Å². The molecule has 0 saturated carbocycles. The number of fused-ring (bicyclic) bond motifs is 1. The Bertz CT molecular complexity index is 477. The number of ether oxygens (including phenoxy) is 2. The number of rotatable bonds is 3. The SMILES string of the molecule is [2H]N(C)C([2H])(Cc1ccc2c(c1)OCO2)C([2H])([2H])[2H]. The minimum atomic E-state index is -2.58. The molecule has 2 rings (SSSR count). The maximum Gasteiger partial charge on any atom is 0.231 e. The van der Waals surface area contributed by atoms with Crippen molar-refractivity contribution in [3.05, 3.63) is 23.8 Å². The first kappa shape index (κ1) is 5.03. The summed E-state index contributed by atoms with van der Waals surface area (Å²) in [4.78, 5) is 0. The fourth-order valence-electron chi connectivity index (χ4n) is 1.32. The number of hydrogen-bond donors (Lipinski definition) is 1. The Morgan fingerprint density at radius 1 is 1.64 bits per heavy atom. The zero-order chi connectivity index (χ0) is 14.3. The summed E-state index contributed by atoms with van der Waals surface area (Å²) in [6.07, 6.45) is -0.0971. The third-order valence-corrected chi connectivity index (χ3v) is 2.08. The predicted octanol–water partition coefficient (Wildman–Crippen LogP) is 1.57. The van der Waals surface area contributed by atoms with Crippen LogP contribution in [0.25, 0.3) is 0 Å². The van der Waals surface area contributed by atoms with Crippen LogP contribution in [0.5, 0.6) is 11.5 Å². The molecule has 76 valence electrons. The Balaban J connectivity index is 2.28. The van der Waals surface area contributed by atoms with Gasteiger partial charge in [0.25, 0.3) is 0 Å². The van der Waals surface area contributed by atoms with Gasteiger partial charge in [0.1, 0.15) is 1.41 Å². The van der Waals surface area contributed by atoms with Gasteiger partial charge in [-0.2, -0.15) is 0 Å². The zero-order valence-corrected chi connectivity index (χ0v) is 7.91. The third-order valence-electron chi connectivity index (χ3n) is 2.08. The van der Waals surface area contributed by atoms with Crippen LogP contribution in [0.15, 0.2) is 18.2 Å². The van der Waals surface area contributed by atoms with Crippen LogP contribution in [-0.2, 0) is 6.42 Å². The molecule has 1 aliphatic heterocycles. The van der Waals surface area contributed by atoms with Crippen molar-refractivity contribution in [2.45, 2.75) is 19.3 Å². The quantitative estimate of drug-likeness (QED) is 0.799. The van der Waals surface area contributed by atoms with E-state index in [1.165, 1.54) is 7.05 Å². The van der Waals surface area contributed by atoms with Gasteiger partial charge in [0.05, 0.1) is 0 Å². The van der Waals surface area contributed by atoms with Gasteiger partial charge in [0, 0.05) is 11.5 Å². The molecule has 0 aromatic heterocycles. The maximum atomic E-state index is 8.06. The molecule has 1 aromatic carbocycles. The molecule has 1 aliphatic rings. The molecule has 3 heteroatoms. The summed E-state index contributed by atoms with van der Waals surface area (Å²) in [5.74, 6) is 1.14. The summed E-state index contributed by atoms with van der Waals surface area (Å²) in [6.45, 7) is -2.44. The molecule has 0 bridgehead atoms. The highest BCUT2D eigenvalue weighted by atomic mass is 16.7. The molecule has 1 unspecified atom stereocenters. The van der Waals surface area contributed by atoms with E-state index in [9.17, 15) is 0 Å². The largest absolute Gasteiger partial charge is 0.454 e. The van der Waals surface area contributed by atoms with Crippen LogP contribution >= 0.6 is 0 Å². The van der Waals surface area contributed by atoms with E-state index in [4.69, 9.17) is 16.4 Å². The number of likely N-dealkylation sites (N-methyl/N-ethyl adjacent to an activating group) is 1. The topological polar surface area (TPSA) is 30.5 Å². The van der Waals surface area contributed by atoms with Gasteiger partial charge in [-0.3, -0.25) is 0 Å². The van der Waals surface area contributed by atoms with E-state index < -0.39 is 12.9 Å². The van der Waals surface area contributed by atoms with Crippen LogP contribution in [0.4, 0.5) is 0 Å². The fourth-order valence-corrected chi connectivity index (χ4v) is 1.32. The van der Waals surface area contributed by atoms with E-state index in [-0.39, 0.29) is 13.2 Å². The Labute approximate surface area is 91.1 Å². The highest BCUT2D eigenvalue weighted by molar-refractivity contribution is 5.44. The van der Waals surface area contributed by atoms with Crippen molar-refractivity contribution in [3.8, 4) is 11.5 Å². The van der Waals surface area contributed by atoms with Crippen LogP contribution in [0.1, 0.15) is 17.9 Å². The molecule has 1 N–H and O–H groups in total. The lowest BCUT2D eigenvalue weighted by Crippen LogP contribution is -2.23. The lowest BCUT2D eigenvalue weighted by molar-refractivity contribution is 0.174. The Morgan fingerprint density at radius 3 is 3.29 bits per heavy atom. The lowest BCUT2D eigenvalue weighted by atomic mass is 10.1. The Hall–Kier alpha value is -1.22. The van der Waals surface area contributed by atoms with Crippen molar-refractivity contribution < 1.29 is 16.4 Å². The Kier molecular flexibility index (Phi) is 1.39. The second-order valence-electron chi connectivity index (χ2n) is 3.03. The van der Waals surface area contributed by atoms with Gasteiger partial charge in [-0.15, -0.1) is 0 Å². The van der Waals surface area contributed by atoms with Crippen LogP contribution in [0.3, 0.4) is 0 Å². The average Bonchev–Trinajstić information content (AvgIpc) is 2.74. The molecule has 3 nitrogen and oxygen atoms in total. The molecule has 0 aliphatic carbocycles. The predicted molar refractivity (Wildman–Crippen MR) is 54.8 cm³/mol. The van der Waals surface area contributed by atoms with E-state index in [2.05, 4.69) is 0 Å². The molecule has 1 aromatic rings. The van der Waals surface area contributed by atoms with Crippen molar-refractivity contribution in [3.63, 3.8) is 0 Å². The number of benzene rings is 1. The molecule has 0 spiro atoms. The van der Waals surface area contributed by atoms with E-state index >= 15 is 0 Å². The Morgan fingerprint density at radius 2 is 2.50 bits per heavy atom. The van der Waals surface area contributed by atoms with Gasteiger partial charge in [-0.25, -0.2) is 0 Å². The highest BCUT2D eigenvalue weighted by Gasteiger charge is 2.13. The van der Waals surface area contributed by atoms with Crippen molar-refractivity contribution in [1.82, 2.24) is 5.31 Å². The van der Waals surface area contributed by atoms with Gasteiger partial charge in [0.15, 0.2) is 11.5 Å². The zero-order valence-electron chi connectivity index (χ0n) is 12.9. The van der Waals surface area contributed by atoms with E-state index in [0.29, 0.717) is 22.4 Å². The molecule has 0 fully saturated rings. The van der Waals surface area contributed by atoms with Crippen LogP contribution in [0.2, 0.25) is 1.41 Å². The second kappa shape index (κ2) is 3.88. The second-order valence-corrected chi connectivity index (χ2v) is 3.03. The van der Waals surface area contributed by atoms with Gasteiger partial charge in [-0.1, -0.05) is 6.07 Å². The molecule has 0 amide bonds.